The third-order valence-electron chi connectivity index (χ3n) is 5.75. The molecule has 156 valence electrons. The van der Waals surface area contributed by atoms with Crippen molar-refractivity contribution >= 4 is 23.5 Å². The van der Waals surface area contributed by atoms with Crippen molar-refractivity contribution in [2.75, 3.05) is 26.2 Å². The van der Waals surface area contributed by atoms with Crippen molar-refractivity contribution in [1.29, 1.82) is 0 Å². The van der Waals surface area contributed by atoms with Crippen molar-refractivity contribution in [2.24, 2.45) is 5.10 Å². The van der Waals surface area contributed by atoms with E-state index in [1.807, 2.05) is 35.0 Å². The average molecular weight is 430 g/mol. The maximum atomic E-state index is 6.34. The third kappa shape index (κ3) is 4.20. The first-order valence-electron chi connectivity index (χ1n) is 10.5. The zero-order valence-electron chi connectivity index (χ0n) is 17.2. The van der Waals surface area contributed by atoms with Crippen LogP contribution in [0, 0.1) is 0 Å². The molecule has 0 amide bonds. The minimum absolute atomic E-state index is 0.252. The van der Waals surface area contributed by atoms with Crippen LogP contribution in [0.1, 0.15) is 22.9 Å². The van der Waals surface area contributed by atoms with Crippen molar-refractivity contribution in [3.05, 3.63) is 107 Å². The van der Waals surface area contributed by atoms with Crippen LogP contribution in [0.25, 0.3) is 5.65 Å². The number of pyridine rings is 1. The molecular weight excluding hydrogens is 406 g/mol. The minimum Gasteiger partial charge on any atom is -0.297 e. The van der Waals surface area contributed by atoms with Gasteiger partial charge in [0.25, 0.3) is 0 Å². The Labute approximate surface area is 187 Å². The summed E-state index contributed by atoms with van der Waals surface area (Å²) in [7, 11) is 0. The molecule has 3 heterocycles. The van der Waals surface area contributed by atoms with Gasteiger partial charge in [0.15, 0.2) is 5.15 Å². The van der Waals surface area contributed by atoms with E-state index in [1.54, 1.807) is 0 Å². The Morgan fingerprint density at radius 3 is 2.06 bits per heavy atom. The van der Waals surface area contributed by atoms with E-state index in [1.165, 1.54) is 11.1 Å². The number of nitrogens with zero attached hydrogens (tertiary/aromatic N) is 5. The van der Waals surface area contributed by atoms with Gasteiger partial charge in [0.05, 0.1) is 12.3 Å². The zero-order valence-corrected chi connectivity index (χ0v) is 17.9. The number of hydrogen-bond donors (Lipinski definition) is 0. The Balaban J connectivity index is 1.32. The molecule has 1 fully saturated rings. The van der Waals surface area contributed by atoms with Crippen LogP contribution in [0.5, 0.6) is 0 Å². The molecule has 2 aromatic carbocycles. The van der Waals surface area contributed by atoms with Crippen LogP contribution in [-0.2, 0) is 0 Å². The van der Waals surface area contributed by atoms with E-state index < -0.39 is 0 Å². The van der Waals surface area contributed by atoms with Gasteiger partial charge in [-0.25, -0.2) is 4.98 Å². The van der Waals surface area contributed by atoms with Gasteiger partial charge in [-0.05, 0) is 23.3 Å². The summed E-state index contributed by atoms with van der Waals surface area (Å²) in [5.74, 6) is 0. The first-order valence-corrected chi connectivity index (χ1v) is 10.9. The van der Waals surface area contributed by atoms with E-state index >= 15 is 0 Å². The van der Waals surface area contributed by atoms with Crippen molar-refractivity contribution in [3.63, 3.8) is 0 Å². The number of rotatable bonds is 5. The number of benzene rings is 2. The predicted molar refractivity (Wildman–Crippen MR) is 126 cm³/mol. The van der Waals surface area contributed by atoms with Gasteiger partial charge in [-0.15, -0.1) is 0 Å². The first kappa shape index (κ1) is 19.8. The van der Waals surface area contributed by atoms with Gasteiger partial charge < -0.3 is 0 Å². The topological polar surface area (TPSA) is 36.1 Å². The summed E-state index contributed by atoms with van der Waals surface area (Å²) in [4.78, 5) is 6.93. The van der Waals surface area contributed by atoms with Gasteiger partial charge >= 0.3 is 0 Å². The Bertz CT molecular complexity index is 1120. The number of halogens is 1. The Hall–Kier alpha value is -3.15. The molecule has 5 rings (SSSR count). The molecule has 31 heavy (non-hydrogen) atoms. The summed E-state index contributed by atoms with van der Waals surface area (Å²) in [6.07, 6.45) is 3.78. The largest absolute Gasteiger partial charge is 0.297 e. The van der Waals surface area contributed by atoms with Crippen LogP contribution >= 0.6 is 11.6 Å². The van der Waals surface area contributed by atoms with E-state index in [-0.39, 0.29) is 6.04 Å². The molecule has 0 atom stereocenters. The summed E-state index contributed by atoms with van der Waals surface area (Å²) in [6, 6.07) is 27.6. The molecule has 0 unspecified atom stereocenters. The van der Waals surface area contributed by atoms with E-state index in [9.17, 15) is 0 Å². The minimum atomic E-state index is 0.252. The smallest absolute Gasteiger partial charge is 0.157 e. The maximum absolute atomic E-state index is 6.34. The highest BCUT2D eigenvalue weighted by Crippen LogP contribution is 2.29. The molecule has 1 aliphatic heterocycles. The molecule has 0 N–H and O–H groups in total. The number of imidazole rings is 1. The molecule has 4 aromatic rings. The number of aromatic nitrogens is 2. The summed E-state index contributed by atoms with van der Waals surface area (Å²) < 4.78 is 1.96. The second kappa shape index (κ2) is 8.92. The standard InChI is InChI=1S/C25H24ClN5/c26-25-22(31-14-8-7-13-23(31)28-25)19-27-30-17-15-29(16-18-30)24(20-9-3-1-4-10-20)21-11-5-2-6-12-21/h1-14,19,24H,15-18H2. The lowest BCUT2D eigenvalue weighted by Crippen LogP contribution is -2.45. The van der Waals surface area contributed by atoms with Gasteiger partial charge in [-0.2, -0.15) is 5.10 Å². The normalized spacial score (nSPS) is 15.4. The predicted octanol–water partition coefficient (Wildman–Crippen LogP) is 4.73. The number of fused-ring (bicyclic) bond motifs is 1. The quantitative estimate of drug-likeness (QED) is 0.430. The monoisotopic (exact) mass is 429 g/mol. The van der Waals surface area contributed by atoms with Crippen molar-refractivity contribution in [3.8, 4) is 0 Å². The third-order valence-corrected chi connectivity index (χ3v) is 6.03. The second-order valence-corrected chi connectivity index (χ2v) is 8.03. The lowest BCUT2D eigenvalue weighted by Gasteiger charge is -2.38. The molecule has 2 aromatic heterocycles. The van der Waals surface area contributed by atoms with Crippen molar-refractivity contribution in [1.82, 2.24) is 19.3 Å². The van der Waals surface area contributed by atoms with Gasteiger partial charge in [-0.1, -0.05) is 78.3 Å². The van der Waals surface area contributed by atoms with Crippen LogP contribution in [-0.4, -0.2) is 51.7 Å². The molecule has 1 aliphatic rings. The highest BCUT2D eigenvalue weighted by molar-refractivity contribution is 6.32. The van der Waals surface area contributed by atoms with Gasteiger partial charge in [0, 0.05) is 32.4 Å². The van der Waals surface area contributed by atoms with Crippen molar-refractivity contribution in [2.45, 2.75) is 6.04 Å². The fourth-order valence-corrected chi connectivity index (χ4v) is 4.43. The van der Waals surface area contributed by atoms with Crippen LogP contribution in [0.2, 0.25) is 5.15 Å². The van der Waals surface area contributed by atoms with E-state index in [0.717, 1.165) is 37.5 Å². The molecule has 1 saturated heterocycles. The Morgan fingerprint density at radius 2 is 1.42 bits per heavy atom. The second-order valence-electron chi connectivity index (χ2n) is 7.67. The number of piperazine rings is 1. The highest BCUT2D eigenvalue weighted by Gasteiger charge is 2.25. The first-order chi connectivity index (χ1) is 15.3. The Kier molecular flexibility index (Phi) is 5.69. The number of hydrazone groups is 1. The fraction of sp³-hybridized carbons (Fsp3) is 0.200. The van der Waals surface area contributed by atoms with Crippen LogP contribution < -0.4 is 0 Å². The van der Waals surface area contributed by atoms with Crippen LogP contribution in [0.15, 0.2) is 90.2 Å². The van der Waals surface area contributed by atoms with Gasteiger partial charge in [0.2, 0.25) is 0 Å². The number of hydrogen-bond acceptors (Lipinski definition) is 4. The summed E-state index contributed by atoms with van der Waals surface area (Å²) in [6.45, 7) is 3.60. The Morgan fingerprint density at radius 1 is 0.806 bits per heavy atom. The zero-order chi connectivity index (χ0) is 21.0. The molecule has 0 radical (unpaired) electrons. The van der Waals surface area contributed by atoms with E-state index in [2.05, 4.69) is 75.6 Å². The molecule has 0 spiro atoms. The summed E-state index contributed by atoms with van der Waals surface area (Å²) >= 11 is 6.34. The highest BCUT2D eigenvalue weighted by atomic mass is 35.5. The maximum Gasteiger partial charge on any atom is 0.157 e. The van der Waals surface area contributed by atoms with Crippen molar-refractivity contribution < 1.29 is 0 Å². The molecule has 0 saturated carbocycles. The van der Waals surface area contributed by atoms with Gasteiger partial charge in [0.1, 0.15) is 11.3 Å². The van der Waals surface area contributed by atoms with Crippen LogP contribution in [0.4, 0.5) is 0 Å². The molecule has 0 bridgehead atoms. The molecular formula is C25H24ClN5. The molecule has 0 aliphatic carbocycles. The van der Waals surface area contributed by atoms with Crippen LogP contribution in [0.3, 0.4) is 0 Å². The fourth-order valence-electron chi connectivity index (χ4n) is 4.21. The van der Waals surface area contributed by atoms with E-state index in [0.29, 0.717) is 5.15 Å². The lowest BCUT2D eigenvalue weighted by molar-refractivity contribution is 0.113. The summed E-state index contributed by atoms with van der Waals surface area (Å²) in [5, 5.41) is 7.30. The lowest BCUT2D eigenvalue weighted by atomic mass is 9.96. The van der Waals surface area contributed by atoms with Gasteiger partial charge in [-0.3, -0.25) is 14.3 Å². The van der Waals surface area contributed by atoms with E-state index in [4.69, 9.17) is 16.7 Å². The molecule has 5 nitrogen and oxygen atoms in total. The summed E-state index contributed by atoms with van der Waals surface area (Å²) in [5.41, 5.74) is 4.28. The average Bonchev–Trinajstić information content (AvgIpc) is 3.15. The molecule has 6 heteroatoms. The SMILES string of the molecule is Clc1nc2ccccn2c1C=NN1CCN(C(c2ccccc2)c2ccccc2)CC1.